The molecule has 2 aliphatic rings. The SMILES string of the molecule is COc1cncc2nc(N3CCOCC3)nc(N3CCN[C@@H](CO)C3)c12. The van der Waals surface area contributed by atoms with Gasteiger partial charge in [0.15, 0.2) is 0 Å². The molecule has 0 radical (unpaired) electrons. The number of piperazine rings is 1. The van der Waals surface area contributed by atoms with Gasteiger partial charge in [0.05, 0.1) is 44.7 Å². The molecule has 2 fully saturated rings. The Labute approximate surface area is 152 Å². The van der Waals surface area contributed by atoms with Crippen molar-refractivity contribution in [3.63, 3.8) is 0 Å². The van der Waals surface area contributed by atoms with Gasteiger partial charge in [-0.2, -0.15) is 4.98 Å². The highest BCUT2D eigenvalue weighted by molar-refractivity contribution is 5.95. The monoisotopic (exact) mass is 360 g/mol. The summed E-state index contributed by atoms with van der Waals surface area (Å²) in [5.74, 6) is 2.17. The topological polar surface area (TPSA) is 95.9 Å². The summed E-state index contributed by atoms with van der Waals surface area (Å²) in [5, 5.41) is 13.7. The minimum Gasteiger partial charge on any atom is -0.494 e. The van der Waals surface area contributed by atoms with E-state index in [2.05, 4.69) is 20.1 Å². The third-order valence-electron chi connectivity index (χ3n) is 4.83. The molecule has 0 unspecified atom stereocenters. The molecule has 0 saturated carbocycles. The molecule has 0 aliphatic carbocycles. The number of pyridine rings is 1. The van der Waals surface area contributed by atoms with Crippen molar-refractivity contribution in [1.82, 2.24) is 20.3 Å². The number of fused-ring (bicyclic) bond motifs is 1. The minimum atomic E-state index is 0.0217. The average molecular weight is 360 g/mol. The summed E-state index contributed by atoms with van der Waals surface area (Å²) in [6.07, 6.45) is 3.44. The molecule has 2 saturated heterocycles. The Bertz CT molecular complexity index is 767. The first-order valence-corrected chi connectivity index (χ1v) is 8.91. The molecule has 0 bridgehead atoms. The Hall–Kier alpha value is -2.23. The van der Waals surface area contributed by atoms with E-state index in [0.717, 1.165) is 42.9 Å². The number of aromatic nitrogens is 3. The number of aliphatic hydroxyl groups excluding tert-OH is 1. The molecule has 0 spiro atoms. The van der Waals surface area contributed by atoms with Gasteiger partial charge in [0, 0.05) is 38.8 Å². The highest BCUT2D eigenvalue weighted by Crippen LogP contribution is 2.33. The molecule has 2 aromatic rings. The van der Waals surface area contributed by atoms with Gasteiger partial charge in [-0.3, -0.25) is 4.98 Å². The first kappa shape index (κ1) is 17.2. The molecule has 2 N–H and O–H groups in total. The molecule has 1 atom stereocenters. The average Bonchev–Trinajstić information content (AvgIpc) is 2.73. The van der Waals surface area contributed by atoms with Crippen LogP contribution in [-0.2, 0) is 4.74 Å². The summed E-state index contributed by atoms with van der Waals surface area (Å²) in [7, 11) is 1.63. The molecule has 0 aromatic carbocycles. The first-order valence-electron chi connectivity index (χ1n) is 8.91. The lowest BCUT2D eigenvalue weighted by Gasteiger charge is -2.35. The van der Waals surface area contributed by atoms with Crippen LogP contribution in [0.2, 0.25) is 0 Å². The number of anilines is 2. The van der Waals surface area contributed by atoms with Crippen LogP contribution in [0.25, 0.3) is 10.9 Å². The van der Waals surface area contributed by atoms with Crippen LogP contribution in [0.15, 0.2) is 12.4 Å². The van der Waals surface area contributed by atoms with Crippen molar-refractivity contribution in [1.29, 1.82) is 0 Å². The minimum absolute atomic E-state index is 0.0217. The lowest BCUT2D eigenvalue weighted by molar-refractivity contribution is 0.122. The van der Waals surface area contributed by atoms with E-state index in [1.165, 1.54) is 0 Å². The maximum atomic E-state index is 9.55. The molecule has 4 rings (SSSR count). The Morgan fingerprint density at radius 1 is 1.23 bits per heavy atom. The smallest absolute Gasteiger partial charge is 0.228 e. The van der Waals surface area contributed by atoms with Crippen molar-refractivity contribution in [2.45, 2.75) is 6.04 Å². The summed E-state index contributed by atoms with van der Waals surface area (Å²) in [6, 6.07) is 0.0217. The number of hydrogen-bond donors (Lipinski definition) is 2. The number of ether oxygens (including phenoxy) is 2. The van der Waals surface area contributed by atoms with Gasteiger partial charge in [-0.25, -0.2) is 4.98 Å². The Balaban J connectivity index is 1.81. The van der Waals surface area contributed by atoms with Crippen molar-refractivity contribution in [2.24, 2.45) is 0 Å². The van der Waals surface area contributed by atoms with Gasteiger partial charge in [0.25, 0.3) is 0 Å². The number of nitrogens with one attached hydrogen (secondary N) is 1. The summed E-state index contributed by atoms with van der Waals surface area (Å²) in [6.45, 7) is 5.24. The van der Waals surface area contributed by atoms with Crippen molar-refractivity contribution in [2.75, 3.05) is 69.5 Å². The Kier molecular flexibility index (Phi) is 5.00. The number of nitrogens with zero attached hydrogens (tertiary/aromatic N) is 5. The van der Waals surface area contributed by atoms with Gasteiger partial charge in [0.1, 0.15) is 17.1 Å². The van der Waals surface area contributed by atoms with Crippen LogP contribution in [-0.4, -0.2) is 85.8 Å². The van der Waals surface area contributed by atoms with Gasteiger partial charge in [-0.1, -0.05) is 0 Å². The van der Waals surface area contributed by atoms with Crippen LogP contribution in [0.4, 0.5) is 11.8 Å². The van der Waals surface area contributed by atoms with E-state index in [1.54, 1.807) is 19.5 Å². The number of rotatable bonds is 4. The zero-order chi connectivity index (χ0) is 17.9. The van der Waals surface area contributed by atoms with Crippen molar-refractivity contribution < 1.29 is 14.6 Å². The predicted octanol–water partition coefficient (Wildman–Crippen LogP) is -0.359. The maximum Gasteiger partial charge on any atom is 0.228 e. The van der Waals surface area contributed by atoms with Crippen LogP contribution < -0.4 is 19.9 Å². The molecule has 4 heterocycles. The summed E-state index contributed by atoms with van der Waals surface area (Å²) >= 11 is 0. The third kappa shape index (κ3) is 3.25. The highest BCUT2D eigenvalue weighted by atomic mass is 16.5. The summed E-state index contributed by atoms with van der Waals surface area (Å²) in [4.78, 5) is 18.2. The third-order valence-corrected chi connectivity index (χ3v) is 4.83. The van der Waals surface area contributed by atoms with Crippen molar-refractivity contribution >= 4 is 22.7 Å². The van der Waals surface area contributed by atoms with E-state index < -0.39 is 0 Å². The Morgan fingerprint density at radius 2 is 2.08 bits per heavy atom. The molecular formula is C17H24N6O3. The number of aliphatic hydroxyl groups is 1. The standard InChI is InChI=1S/C17H24N6O3/c1-25-14-9-18-8-13-15(14)16(23-3-2-19-12(10-23)11-24)21-17(20-13)22-4-6-26-7-5-22/h8-9,12,19,24H,2-7,10-11H2,1H3/t12-/m1/s1. The lowest BCUT2D eigenvalue weighted by atomic mass is 10.2. The van der Waals surface area contributed by atoms with E-state index in [4.69, 9.17) is 19.4 Å². The van der Waals surface area contributed by atoms with E-state index in [-0.39, 0.29) is 12.6 Å². The van der Waals surface area contributed by atoms with Crippen LogP contribution in [0, 0.1) is 0 Å². The Morgan fingerprint density at radius 3 is 2.85 bits per heavy atom. The van der Waals surface area contributed by atoms with Crippen molar-refractivity contribution in [3.8, 4) is 5.75 Å². The number of morpholine rings is 1. The second kappa shape index (κ2) is 7.56. The fourth-order valence-corrected chi connectivity index (χ4v) is 3.45. The van der Waals surface area contributed by atoms with Gasteiger partial charge in [-0.15, -0.1) is 0 Å². The van der Waals surface area contributed by atoms with Crippen molar-refractivity contribution in [3.05, 3.63) is 12.4 Å². The van der Waals surface area contributed by atoms with E-state index in [1.807, 2.05) is 0 Å². The number of hydrogen-bond acceptors (Lipinski definition) is 9. The zero-order valence-corrected chi connectivity index (χ0v) is 14.9. The second-order valence-corrected chi connectivity index (χ2v) is 6.46. The lowest BCUT2D eigenvalue weighted by Crippen LogP contribution is -2.52. The second-order valence-electron chi connectivity index (χ2n) is 6.46. The molecule has 9 nitrogen and oxygen atoms in total. The quantitative estimate of drug-likeness (QED) is 0.758. The van der Waals surface area contributed by atoms with Gasteiger partial charge in [0.2, 0.25) is 5.95 Å². The molecule has 0 amide bonds. The van der Waals surface area contributed by atoms with Crippen LogP contribution in [0.5, 0.6) is 5.75 Å². The molecule has 9 heteroatoms. The van der Waals surface area contributed by atoms with E-state index >= 15 is 0 Å². The fraction of sp³-hybridized carbons (Fsp3) is 0.588. The van der Waals surface area contributed by atoms with Gasteiger partial charge >= 0.3 is 0 Å². The molecule has 2 aliphatic heterocycles. The fourth-order valence-electron chi connectivity index (χ4n) is 3.45. The molecule has 140 valence electrons. The van der Waals surface area contributed by atoms with Crippen LogP contribution in [0.3, 0.4) is 0 Å². The highest BCUT2D eigenvalue weighted by Gasteiger charge is 2.25. The summed E-state index contributed by atoms with van der Waals surface area (Å²) < 4.78 is 11.0. The maximum absolute atomic E-state index is 9.55. The molecule has 26 heavy (non-hydrogen) atoms. The molecule has 2 aromatic heterocycles. The number of methoxy groups -OCH3 is 1. The van der Waals surface area contributed by atoms with Crippen LogP contribution in [0.1, 0.15) is 0 Å². The first-order chi connectivity index (χ1) is 12.8. The van der Waals surface area contributed by atoms with E-state index in [0.29, 0.717) is 31.5 Å². The van der Waals surface area contributed by atoms with Gasteiger partial charge in [-0.05, 0) is 0 Å². The normalized spacial score (nSPS) is 21.2. The van der Waals surface area contributed by atoms with E-state index in [9.17, 15) is 5.11 Å². The van der Waals surface area contributed by atoms with Gasteiger partial charge < -0.3 is 29.7 Å². The molecular weight excluding hydrogens is 336 g/mol. The van der Waals surface area contributed by atoms with Crippen LogP contribution >= 0.6 is 0 Å². The zero-order valence-electron chi connectivity index (χ0n) is 14.9. The summed E-state index contributed by atoms with van der Waals surface area (Å²) in [5.41, 5.74) is 0.759. The largest absolute Gasteiger partial charge is 0.494 e. The predicted molar refractivity (Wildman–Crippen MR) is 98.0 cm³/mol.